The topological polar surface area (TPSA) is 75.0 Å². The Morgan fingerprint density at radius 1 is 1.44 bits per heavy atom. The Labute approximate surface area is 149 Å². The number of benzene rings is 1. The minimum atomic E-state index is -0.407. The van der Waals surface area contributed by atoms with Crippen LogP contribution in [-0.4, -0.2) is 30.5 Å². The van der Waals surface area contributed by atoms with Crippen LogP contribution in [0.3, 0.4) is 0 Å². The summed E-state index contributed by atoms with van der Waals surface area (Å²) in [7, 11) is 0. The molecule has 1 atom stereocenters. The van der Waals surface area contributed by atoms with Crippen molar-refractivity contribution in [3.05, 3.63) is 63.7 Å². The van der Waals surface area contributed by atoms with Gasteiger partial charge in [-0.25, -0.2) is 9.37 Å². The smallest absolute Gasteiger partial charge is 0.185 e. The monoisotopic (exact) mass is 359 g/mol. The van der Waals surface area contributed by atoms with E-state index < -0.39 is 5.82 Å². The molecule has 1 aliphatic rings. The quantitative estimate of drug-likeness (QED) is 0.849. The Morgan fingerprint density at radius 2 is 2.28 bits per heavy atom. The van der Waals surface area contributed by atoms with Crippen LogP contribution in [-0.2, 0) is 11.2 Å². The number of carbonyl (C=O) groups is 1. The maximum atomic E-state index is 14.4. The summed E-state index contributed by atoms with van der Waals surface area (Å²) in [4.78, 5) is 16.3. The largest absolute Gasteiger partial charge is 0.371 e. The number of carbonyl (C=O) groups excluding carboxylic acids is 1. The molecule has 0 spiro atoms. The summed E-state index contributed by atoms with van der Waals surface area (Å²) in [5.74, 6) is -0.738. The Balaban J connectivity index is 1.77. The van der Waals surface area contributed by atoms with Crippen LogP contribution in [0.5, 0.6) is 0 Å². The number of nitrogens with one attached hydrogen (secondary N) is 1. The predicted molar refractivity (Wildman–Crippen MR) is 90.0 cm³/mol. The number of ether oxygens (including phenoxy) is 1. The average Bonchev–Trinajstić information content (AvgIpc) is 2.62. The molecule has 0 unspecified atom stereocenters. The minimum Gasteiger partial charge on any atom is -0.371 e. The van der Waals surface area contributed by atoms with E-state index in [1.54, 1.807) is 12.1 Å². The molecule has 0 radical (unpaired) electrons. The first-order chi connectivity index (χ1) is 12.1. The molecule has 5 nitrogen and oxygen atoms in total. The Hall–Kier alpha value is -2.33. The Bertz CT molecular complexity index is 845. The van der Waals surface area contributed by atoms with Gasteiger partial charge in [0, 0.05) is 30.1 Å². The van der Waals surface area contributed by atoms with Crippen LogP contribution < -0.4 is 5.32 Å². The fraction of sp³-hybridized carbons (Fsp3) is 0.278. The molecule has 0 aliphatic carbocycles. The normalized spacial score (nSPS) is 17.1. The lowest BCUT2D eigenvalue weighted by molar-refractivity contribution is 0.0255. The lowest BCUT2D eigenvalue weighted by atomic mass is 10.0. The predicted octanol–water partition coefficient (Wildman–Crippen LogP) is 2.83. The molecule has 128 valence electrons. The van der Waals surface area contributed by atoms with Gasteiger partial charge in [-0.15, -0.1) is 0 Å². The van der Waals surface area contributed by atoms with Gasteiger partial charge in [-0.2, -0.15) is 5.26 Å². The summed E-state index contributed by atoms with van der Waals surface area (Å²) >= 11 is 5.88. The maximum Gasteiger partial charge on any atom is 0.185 e. The van der Waals surface area contributed by atoms with Crippen LogP contribution in [0.1, 0.15) is 33.4 Å². The molecule has 0 saturated carbocycles. The number of rotatable bonds is 4. The van der Waals surface area contributed by atoms with Gasteiger partial charge in [0.05, 0.1) is 12.7 Å². The van der Waals surface area contributed by atoms with Crippen LogP contribution in [0.4, 0.5) is 4.39 Å². The van der Waals surface area contributed by atoms with Crippen molar-refractivity contribution in [2.24, 2.45) is 0 Å². The molecular formula is C18H15ClFN3O2. The van der Waals surface area contributed by atoms with E-state index in [1.807, 2.05) is 6.07 Å². The number of nitriles is 1. The van der Waals surface area contributed by atoms with Crippen molar-refractivity contribution in [3.8, 4) is 6.07 Å². The van der Waals surface area contributed by atoms with Crippen LogP contribution >= 0.6 is 11.6 Å². The molecular weight excluding hydrogens is 345 g/mol. The fourth-order valence-electron chi connectivity index (χ4n) is 2.68. The number of hydrogen-bond donors (Lipinski definition) is 1. The molecule has 25 heavy (non-hydrogen) atoms. The van der Waals surface area contributed by atoms with Crippen LogP contribution in [0, 0.1) is 17.1 Å². The standard InChI is InChI=1S/C18H15ClFN3O2/c19-12-7-13(9-21)23-16(8-12)17(24)6-11-1-2-14(15(20)5-11)18-10-22-3-4-25-18/h1-2,5,7-8,18,22H,3-4,6,10H2/t18-/m1/s1. The second-order valence-corrected chi connectivity index (χ2v) is 6.12. The molecule has 1 N–H and O–H groups in total. The first kappa shape index (κ1) is 17.5. The Kier molecular flexibility index (Phi) is 5.39. The number of ketones is 1. The van der Waals surface area contributed by atoms with Crippen molar-refractivity contribution in [2.75, 3.05) is 19.7 Å². The molecule has 2 aromatic rings. The first-order valence-electron chi connectivity index (χ1n) is 7.78. The fourth-order valence-corrected chi connectivity index (χ4v) is 2.89. The average molecular weight is 360 g/mol. The number of halogens is 2. The number of aromatic nitrogens is 1. The number of Topliss-reactive ketones (excluding diaryl/α,β-unsaturated/α-hetero) is 1. The molecule has 1 saturated heterocycles. The Morgan fingerprint density at radius 3 is 2.96 bits per heavy atom. The summed E-state index contributed by atoms with van der Waals surface area (Å²) in [6, 6.07) is 9.31. The van der Waals surface area contributed by atoms with Crippen molar-refractivity contribution >= 4 is 17.4 Å². The van der Waals surface area contributed by atoms with Gasteiger partial charge in [0.1, 0.15) is 23.3 Å². The molecule has 1 fully saturated rings. The van der Waals surface area contributed by atoms with E-state index in [1.165, 1.54) is 18.2 Å². The molecule has 1 aromatic carbocycles. The van der Waals surface area contributed by atoms with E-state index >= 15 is 0 Å². The third kappa shape index (κ3) is 4.20. The SMILES string of the molecule is N#Cc1cc(Cl)cc(C(=O)Cc2ccc([C@H]3CNCCO3)c(F)c2)n1. The summed E-state index contributed by atoms with van der Waals surface area (Å²) in [6.07, 6.45) is -0.356. The van der Waals surface area contributed by atoms with E-state index in [-0.39, 0.29) is 34.7 Å². The lowest BCUT2D eigenvalue weighted by Gasteiger charge is -2.24. The van der Waals surface area contributed by atoms with Crippen molar-refractivity contribution in [1.29, 1.82) is 5.26 Å². The summed E-state index contributed by atoms with van der Waals surface area (Å²) in [6.45, 7) is 1.84. The number of morpholine rings is 1. The molecule has 2 heterocycles. The van der Waals surface area contributed by atoms with Crippen molar-refractivity contribution in [1.82, 2.24) is 10.3 Å². The summed E-state index contributed by atoms with van der Waals surface area (Å²) < 4.78 is 19.9. The van der Waals surface area contributed by atoms with Gasteiger partial charge >= 0.3 is 0 Å². The highest BCUT2D eigenvalue weighted by molar-refractivity contribution is 6.31. The minimum absolute atomic E-state index is 0.0286. The van der Waals surface area contributed by atoms with Gasteiger partial charge < -0.3 is 10.1 Å². The zero-order valence-corrected chi connectivity index (χ0v) is 14.0. The number of nitrogens with zero attached hydrogens (tertiary/aromatic N) is 2. The van der Waals surface area contributed by atoms with Gasteiger partial charge in [0.2, 0.25) is 0 Å². The molecule has 0 bridgehead atoms. The first-order valence-corrected chi connectivity index (χ1v) is 8.16. The van der Waals surface area contributed by atoms with E-state index in [0.29, 0.717) is 24.3 Å². The second kappa shape index (κ2) is 7.70. The van der Waals surface area contributed by atoms with Gasteiger partial charge in [-0.1, -0.05) is 23.7 Å². The maximum absolute atomic E-state index is 14.4. The third-order valence-corrected chi connectivity index (χ3v) is 4.11. The highest BCUT2D eigenvalue weighted by Gasteiger charge is 2.20. The lowest BCUT2D eigenvalue weighted by Crippen LogP contribution is -2.33. The van der Waals surface area contributed by atoms with Crippen molar-refractivity contribution in [3.63, 3.8) is 0 Å². The van der Waals surface area contributed by atoms with Gasteiger partial charge in [-0.3, -0.25) is 4.79 Å². The van der Waals surface area contributed by atoms with Crippen LogP contribution in [0.15, 0.2) is 30.3 Å². The number of hydrogen-bond acceptors (Lipinski definition) is 5. The van der Waals surface area contributed by atoms with Gasteiger partial charge in [-0.05, 0) is 23.8 Å². The molecule has 0 amide bonds. The van der Waals surface area contributed by atoms with Crippen molar-refractivity contribution in [2.45, 2.75) is 12.5 Å². The second-order valence-electron chi connectivity index (χ2n) is 5.69. The number of pyridine rings is 1. The zero-order valence-electron chi connectivity index (χ0n) is 13.3. The highest BCUT2D eigenvalue weighted by atomic mass is 35.5. The van der Waals surface area contributed by atoms with Crippen molar-refractivity contribution < 1.29 is 13.9 Å². The van der Waals surface area contributed by atoms with E-state index in [2.05, 4.69) is 10.3 Å². The highest BCUT2D eigenvalue weighted by Crippen LogP contribution is 2.23. The molecule has 1 aliphatic heterocycles. The summed E-state index contributed by atoms with van der Waals surface area (Å²) in [5, 5.41) is 12.3. The van der Waals surface area contributed by atoms with Crippen LogP contribution in [0.2, 0.25) is 5.02 Å². The van der Waals surface area contributed by atoms with Gasteiger partial charge in [0.25, 0.3) is 0 Å². The van der Waals surface area contributed by atoms with E-state index in [0.717, 1.165) is 6.54 Å². The summed E-state index contributed by atoms with van der Waals surface area (Å²) in [5.41, 5.74) is 1.15. The molecule has 7 heteroatoms. The molecule has 3 rings (SSSR count). The van der Waals surface area contributed by atoms with E-state index in [4.69, 9.17) is 21.6 Å². The van der Waals surface area contributed by atoms with E-state index in [9.17, 15) is 9.18 Å². The van der Waals surface area contributed by atoms with Crippen LogP contribution in [0.25, 0.3) is 0 Å². The zero-order chi connectivity index (χ0) is 17.8. The van der Waals surface area contributed by atoms with Gasteiger partial charge in [0.15, 0.2) is 5.78 Å². The third-order valence-electron chi connectivity index (χ3n) is 3.89. The molecule has 1 aromatic heterocycles.